The Morgan fingerprint density at radius 2 is 2.18 bits per heavy atom. The molecule has 3 heterocycles. The maximum Gasteiger partial charge on any atom is 0.222 e. The van der Waals surface area contributed by atoms with E-state index in [9.17, 15) is 4.79 Å². The number of carbonyl (C=O) groups excluding carboxylic acids is 1. The van der Waals surface area contributed by atoms with Crippen molar-refractivity contribution < 1.29 is 9.53 Å². The van der Waals surface area contributed by atoms with Crippen molar-refractivity contribution in [2.45, 2.75) is 32.1 Å². The van der Waals surface area contributed by atoms with Gasteiger partial charge >= 0.3 is 0 Å². The number of likely N-dealkylation sites (tertiary alicyclic amines) is 1. The topological polar surface area (TPSA) is 45.7 Å². The fourth-order valence-corrected chi connectivity index (χ4v) is 4.36. The van der Waals surface area contributed by atoms with Gasteiger partial charge in [0.1, 0.15) is 0 Å². The maximum atomic E-state index is 12.1. The molecule has 6 heteroatoms. The number of hydrogen-bond donors (Lipinski definition) is 0. The van der Waals surface area contributed by atoms with Crippen molar-refractivity contribution in [2.75, 3.05) is 44.8 Å². The van der Waals surface area contributed by atoms with Crippen molar-refractivity contribution in [2.24, 2.45) is 5.41 Å². The van der Waals surface area contributed by atoms with Gasteiger partial charge < -0.3 is 14.5 Å². The van der Waals surface area contributed by atoms with Gasteiger partial charge in [-0.1, -0.05) is 0 Å². The summed E-state index contributed by atoms with van der Waals surface area (Å²) in [6.07, 6.45) is 6.91. The summed E-state index contributed by atoms with van der Waals surface area (Å²) in [4.78, 5) is 21.0. The van der Waals surface area contributed by atoms with Crippen LogP contribution in [0.2, 0.25) is 0 Å². The van der Waals surface area contributed by atoms with E-state index in [4.69, 9.17) is 4.74 Å². The highest BCUT2D eigenvalue weighted by atomic mass is 32.1. The van der Waals surface area contributed by atoms with Gasteiger partial charge in [0, 0.05) is 57.9 Å². The molecule has 1 aromatic rings. The van der Waals surface area contributed by atoms with Crippen molar-refractivity contribution in [1.82, 2.24) is 9.88 Å². The van der Waals surface area contributed by atoms with Crippen LogP contribution in [0.5, 0.6) is 0 Å². The monoisotopic (exact) mass is 323 g/mol. The Balaban J connectivity index is 1.56. The van der Waals surface area contributed by atoms with Crippen molar-refractivity contribution in [1.29, 1.82) is 0 Å². The van der Waals surface area contributed by atoms with E-state index in [2.05, 4.69) is 14.8 Å². The number of carbonyl (C=O) groups is 1. The van der Waals surface area contributed by atoms with Crippen molar-refractivity contribution >= 4 is 22.4 Å². The molecule has 0 N–H and O–H groups in total. The molecule has 0 aromatic carbocycles. The molecule has 5 nitrogen and oxygen atoms in total. The first-order valence-electron chi connectivity index (χ1n) is 8.14. The second-order valence-corrected chi connectivity index (χ2v) is 7.34. The van der Waals surface area contributed by atoms with Crippen LogP contribution in [-0.2, 0) is 9.53 Å². The molecule has 0 bridgehead atoms. The lowest BCUT2D eigenvalue weighted by molar-refractivity contribution is -0.138. The van der Waals surface area contributed by atoms with Crippen LogP contribution in [0.3, 0.4) is 0 Å². The third-order valence-corrected chi connectivity index (χ3v) is 5.87. The van der Waals surface area contributed by atoms with Gasteiger partial charge in [-0.25, -0.2) is 4.98 Å². The molecule has 0 aliphatic carbocycles. The Morgan fingerprint density at radius 3 is 2.86 bits per heavy atom. The first-order chi connectivity index (χ1) is 10.7. The number of thiazole rings is 1. The zero-order chi connectivity index (χ0) is 15.4. The maximum absolute atomic E-state index is 12.1. The molecule has 0 unspecified atom stereocenters. The number of ether oxygens (including phenoxy) is 1. The van der Waals surface area contributed by atoms with Gasteiger partial charge in [-0.3, -0.25) is 4.79 Å². The van der Waals surface area contributed by atoms with Gasteiger partial charge in [0.15, 0.2) is 5.13 Å². The molecule has 3 rings (SSSR count). The van der Waals surface area contributed by atoms with E-state index < -0.39 is 0 Å². The SMILES string of the molecule is COCCCN1CC2(CCC1=O)CCN(c1nccs1)CC2. The standard InChI is InChI=1S/C16H25N3O2S/c1-21-11-2-8-19-13-16(4-3-14(19)20)5-9-18(10-6-16)15-17-7-12-22-15/h7,12H,2-6,8-11,13H2,1H3. The zero-order valence-electron chi connectivity index (χ0n) is 13.3. The molecule has 1 spiro atoms. The number of anilines is 1. The number of aromatic nitrogens is 1. The largest absolute Gasteiger partial charge is 0.385 e. The average Bonchev–Trinajstić information content (AvgIpc) is 3.06. The molecule has 0 saturated carbocycles. The van der Waals surface area contributed by atoms with Crippen molar-refractivity contribution in [3.63, 3.8) is 0 Å². The lowest BCUT2D eigenvalue weighted by Crippen LogP contribution is -2.51. The summed E-state index contributed by atoms with van der Waals surface area (Å²) in [7, 11) is 1.72. The van der Waals surface area contributed by atoms with Gasteiger partial charge in [-0.15, -0.1) is 11.3 Å². The Bertz CT molecular complexity index is 484. The summed E-state index contributed by atoms with van der Waals surface area (Å²) in [6.45, 7) is 4.63. The van der Waals surface area contributed by atoms with Gasteiger partial charge in [-0.2, -0.15) is 0 Å². The van der Waals surface area contributed by atoms with E-state index in [0.29, 0.717) is 17.7 Å². The summed E-state index contributed by atoms with van der Waals surface area (Å²) >= 11 is 1.72. The fraction of sp³-hybridized carbons (Fsp3) is 0.750. The summed E-state index contributed by atoms with van der Waals surface area (Å²) < 4.78 is 5.11. The predicted molar refractivity (Wildman–Crippen MR) is 88.3 cm³/mol. The Labute approximate surface area is 136 Å². The average molecular weight is 323 g/mol. The third kappa shape index (κ3) is 3.43. The second kappa shape index (κ2) is 6.96. The van der Waals surface area contributed by atoms with E-state index >= 15 is 0 Å². The number of hydrogen-bond acceptors (Lipinski definition) is 5. The van der Waals surface area contributed by atoms with Crippen LogP contribution in [0.4, 0.5) is 5.13 Å². The number of methoxy groups -OCH3 is 1. The highest BCUT2D eigenvalue weighted by molar-refractivity contribution is 7.13. The van der Waals surface area contributed by atoms with Crippen LogP contribution in [0.15, 0.2) is 11.6 Å². The molecule has 2 saturated heterocycles. The molecule has 2 aliphatic heterocycles. The first kappa shape index (κ1) is 15.7. The quantitative estimate of drug-likeness (QED) is 0.781. The molecule has 122 valence electrons. The molecule has 2 aliphatic rings. The lowest BCUT2D eigenvalue weighted by Gasteiger charge is -2.47. The molecular formula is C16H25N3O2S. The van der Waals surface area contributed by atoms with Gasteiger partial charge in [-0.05, 0) is 31.1 Å². The fourth-order valence-electron chi connectivity index (χ4n) is 3.66. The van der Waals surface area contributed by atoms with Crippen LogP contribution in [0.1, 0.15) is 32.1 Å². The third-order valence-electron chi connectivity index (χ3n) is 5.04. The summed E-state index contributed by atoms with van der Waals surface area (Å²) in [5.41, 5.74) is 0.328. The van der Waals surface area contributed by atoms with Crippen LogP contribution in [0.25, 0.3) is 0 Å². The highest BCUT2D eigenvalue weighted by Gasteiger charge is 2.41. The second-order valence-electron chi connectivity index (χ2n) is 6.46. The molecule has 0 atom stereocenters. The van der Waals surface area contributed by atoms with E-state index in [1.54, 1.807) is 18.4 Å². The van der Waals surface area contributed by atoms with Gasteiger partial charge in [0.05, 0.1) is 0 Å². The van der Waals surface area contributed by atoms with Crippen LogP contribution in [0, 0.1) is 5.41 Å². The van der Waals surface area contributed by atoms with Gasteiger partial charge in [0.2, 0.25) is 5.91 Å². The van der Waals surface area contributed by atoms with Crippen molar-refractivity contribution in [3.8, 4) is 0 Å². The molecule has 1 amide bonds. The minimum Gasteiger partial charge on any atom is -0.385 e. The number of rotatable bonds is 5. The van der Waals surface area contributed by atoms with E-state index in [1.807, 2.05) is 11.6 Å². The van der Waals surface area contributed by atoms with E-state index in [-0.39, 0.29) is 0 Å². The predicted octanol–water partition coefficient (Wildman–Crippen LogP) is 2.39. The number of nitrogens with zero attached hydrogens (tertiary/aromatic N) is 3. The van der Waals surface area contributed by atoms with E-state index in [0.717, 1.165) is 50.8 Å². The number of piperidine rings is 2. The smallest absolute Gasteiger partial charge is 0.222 e. The minimum absolute atomic E-state index is 0.323. The van der Waals surface area contributed by atoms with Crippen LogP contribution in [-0.4, -0.2) is 55.7 Å². The zero-order valence-corrected chi connectivity index (χ0v) is 14.1. The molecule has 1 aromatic heterocycles. The highest BCUT2D eigenvalue weighted by Crippen LogP contribution is 2.41. The Kier molecular flexibility index (Phi) is 4.98. The molecular weight excluding hydrogens is 298 g/mol. The molecule has 0 radical (unpaired) electrons. The minimum atomic E-state index is 0.323. The summed E-state index contributed by atoms with van der Waals surface area (Å²) in [5, 5.41) is 3.18. The Hall–Kier alpha value is -1.14. The van der Waals surface area contributed by atoms with Crippen molar-refractivity contribution in [3.05, 3.63) is 11.6 Å². The number of amides is 1. The summed E-state index contributed by atoms with van der Waals surface area (Å²) in [5.74, 6) is 0.323. The normalized spacial score (nSPS) is 21.6. The van der Waals surface area contributed by atoms with Gasteiger partial charge in [0.25, 0.3) is 0 Å². The van der Waals surface area contributed by atoms with Crippen LogP contribution < -0.4 is 4.90 Å². The summed E-state index contributed by atoms with van der Waals surface area (Å²) in [6, 6.07) is 0. The van der Waals surface area contributed by atoms with Crippen LogP contribution >= 0.6 is 11.3 Å². The first-order valence-corrected chi connectivity index (χ1v) is 9.02. The molecule has 2 fully saturated rings. The van der Waals surface area contributed by atoms with E-state index in [1.165, 1.54) is 12.8 Å². The molecule has 22 heavy (non-hydrogen) atoms. The Morgan fingerprint density at radius 1 is 1.36 bits per heavy atom. The lowest BCUT2D eigenvalue weighted by atomic mass is 9.72.